The predicted molar refractivity (Wildman–Crippen MR) is 125 cm³/mol. The normalized spacial score (nSPS) is 47.4. The Morgan fingerprint density at radius 2 is 1.85 bits per heavy atom. The van der Waals surface area contributed by atoms with Gasteiger partial charge in [0, 0.05) is 23.2 Å². The first kappa shape index (κ1) is 25.1. The van der Waals surface area contributed by atoms with Crippen LogP contribution in [0.1, 0.15) is 73.1 Å². The van der Waals surface area contributed by atoms with Gasteiger partial charge in [0.15, 0.2) is 5.78 Å². The van der Waals surface area contributed by atoms with E-state index < -0.39 is 46.3 Å². The molecule has 0 amide bonds. The second-order valence-corrected chi connectivity index (χ2v) is 12.4. The lowest BCUT2D eigenvalue weighted by Crippen LogP contribution is -2.61. The van der Waals surface area contributed by atoms with Gasteiger partial charge in [-0.25, -0.2) is 0 Å². The largest absolute Gasteiger partial charge is 0.390 e. The van der Waals surface area contributed by atoms with Crippen molar-refractivity contribution in [1.29, 1.82) is 0 Å². The molecule has 6 heteroatoms. The van der Waals surface area contributed by atoms with Crippen molar-refractivity contribution in [1.82, 2.24) is 0 Å². The third kappa shape index (κ3) is 3.51. The van der Waals surface area contributed by atoms with Crippen LogP contribution in [0.2, 0.25) is 0 Å². The Balaban J connectivity index is 1.72. The fourth-order valence-corrected chi connectivity index (χ4v) is 7.71. The van der Waals surface area contributed by atoms with Crippen molar-refractivity contribution in [3.63, 3.8) is 0 Å². The maximum Gasteiger partial charge on any atom is 0.159 e. The highest BCUT2D eigenvalue weighted by atomic mass is 16.3. The second-order valence-electron chi connectivity index (χ2n) is 12.4. The van der Waals surface area contributed by atoms with Gasteiger partial charge in [0.2, 0.25) is 0 Å². The molecule has 0 aliphatic heterocycles. The Labute approximate surface area is 197 Å². The molecule has 0 radical (unpaired) electrons. The van der Waals surface area contributed by atoms with Crippen LogP contribution in [0.5, 0.6) is 0 Å². The van der Waals surface area contributed by atoms with Crippen LogP contribution in [-0.4, -0.2) is 60.8 Å². The van der Waals surface area contributed by atoms with Crippen LogP contribution in [0.15, 0.2) is 23.8 Å². The van der Waals surface area contributed by atoms with Crippen molar-refractivity contribution in [2.24, 2.45) is 34.5 Å². The minimum atomic E-state index is -1.39. The highest BCUT2D eigenvalue weighted by molar-refractivity contribution is 5.95. The van der Waals surface area contributed by atoms with E-state index in [9.17, 15) is 30.3 Å². The molecule has 4 rings (SSSR count). The molecule has 186 valence electrons. The number of aliphatic hydroxyl groups is 5. The van der Waals surface area contributed by atoms with Crippen molar-refractivity contribution in [3.05, 3.63) is 23.8 Å². The standard InChI is InChI=1S/C27H42O6/c1-15(2)6-7-23(31)26(5,32)22-9-11-27(33)17-12-19(28)18-13-20(29)21(30)14-24(18,3)16(17)8-10-25(22,27)4/h8,10,12,15-16,18,20-23,29-33H,6-7,9,11,13-14H2,1-5H3/t16-,18-,20+,21-,22-,23+,24+,25+,26+,27+/m0/s1. The minimum Gasteiger partial charge on any atom is -0.390 e. The molecule has 33 heavy (non-hydrogen) atoms. The summed E-state index contributed by atoms with van der Waals surface area (Å²) in [6, 6.07) is 0. The summed E-state index contributed by atoms with van der Waals surface area (Å²) in [5.41, 5.74) is -3.47. The maximum atomic E-state index is 13.2. The van der Waals surface area contributed by atoms with Crippen LogP contribution in [0, 0.1) is 34.5 Å². The van der Waals surface area contributed by atoms with Crippen LogP contribution in [0.3, 0.4) is 0 Å². The molecular formula is C27H42O6. The van der Waals surface area contributed by atoms with E-state index >= 15 is 0 Å². The SMILES string of the molecule is CC(C)CC[C@@H](O)[C@](C)(O)[C@H]1CC[C@@]2(O)C3=CC(=O)[C@@H]4C[C@@H](O)[C@@H](O)C[C@]4(C)[C@H]3C=C[C@]12C. The molecule has 4 aliphatic rings. The van der Waals surface area contributed by atoms with Gasteiger partial charge in [-0.15, -0.1) is 0 Å². The first-order valence-electron chi connectivity index (χ1n) is 12.6. The molecule has 0 aromatic carbocycles. The van der Waals surface area contributed by atoms with Gasteiger partial charge in [-0.3, -0.25) is 4.79 Å². The van der Waals surface area contributed by atoms with E-state index in [1.54, 1.807) is 13.0 Å². The van der Waals surface area contributed by atoms with E-state index in [0.29, 0.717) is 37.2 Å². The molecule has 5 N–H and O–H groups in total. The zero-order valence-electron chi connectivity index (χ0n) is 20.7. The van der Waals surface area contributed by atoms with E-state index in [1.807, 2.05) is 26.0 Å². The van der Waals surface area contributed by atoms with Crippen molar-refractivity contribution in [2.75, 3.05) is 0 Å². The number of ketones is 1. The van der Waals surface area contributed by atoms with Crippen molar-refractivity contribution in [2.45, 2.75) is 103 Å². The molecule has 10 atom stereocenters. The number of rotatable bonds is 5. The molecular weight excluding hydrogens is 420 g/mol. The Hall–Kier alpha value is -1.05. The second kappa shape index (κ2) is 7.99. The molecule has 0 bridgehead atoms. The first-order chi connectivity index (χ1) is 15.2. The maximum absolute atomic E-state index is 13.2. The van der Waals surface area contributed by atoms with Gasteiger partial charge >= 0.3 is 0 Å². The zero-order chi connectivity index (χ0) is 24.6. The molecule has 0 saturated heterocycles. The Bertz CT molecular complexity index is 861. The first-order valence-corrected chi connectivity index (χ1v) is 12.6. The van der Waals surface area contributed by atoms with E-state index in [1.165, 1.54) is 0 Å². The molecule has 2 fully saturated rings. The zero-order valence-corrected chi connectivity index (χ0v) is 20.7. The van der Waals surface area contributed by atoms with Crippen molar-refractivity contribution >= 4 is 5.78 Å². The monoisotopic (exact) mass is 462 g/mol. The summed E-state index contributed by atoms with van der Waals surface area (Å²) in [5, 5.41) is 55.2. The highest BCUT2D eigenvalue weighted by Gasteiger charge is 2.67. The lowest BCUT2D eigenvalue weighted by atomic mass is 9.48. The quantitative estimate of drug-likeness (QED) is 0.401. The minimum absolute atomic E-state index is 0.104. The molecule has 6 nitrogen and oxygen atoms in total. The molecule has 4 aliphatic carbocycles. The lowest BCUT2D eigenvalue weighted by molar-refractivity contribution is -0.151. The molecule has 0 aromatic rings. The van der Waals surface area contributed by atoms with Crippen LogP contribution in [-0.2, 0) is 4.79 Å². The Morgan fingerprint density at radius 1 is 1.18 bits per heavy atom. The van der Waals surface area contributed by atoms with Crippen LogP contribution >= 0.6 is 0 Å². The fraction of sp³-hybridized carbons (Fsp3) is 0.815. The molecule has 0 unspecified atom stereocenters. The van der Waals surface area contributed by atoms with Gasteiger partial charge in [-0.2, -0.15) is 0 Å². The smallest absolute Gasteiger partial charge is 0.159 e. The molecule has 0 heterocycles. The van der Waals surface area contributed by atoms with Crippen molar-refractivity contribution in [3.8, 4) is 0 Å². The lowest BCUT2D eigenvalue weighted by Gasteiger charge is -2.58. The van der Waals surface area contributed by atoms with Crippen LogP contribution in [0.25, 0.3) is 0 Å². The third-order valence-electron chi connectivity index (χ3n) is 9.97. The summed E-state index contributed by atoms with van der Waals surface area (Å²) < 4.78 is 0. The van der Waals surface area contributed by atoms with E-state index in [-0.39, 0.29) is 24.0 Å². The highest BCUT2D eigenvalue weighted by Crippen LogP contribution is 2.66. The molecule has 0 spiro atoms. The predicted octanol–water partition coefficient (Wildman–Crippen LogP) is 2.52. The summed E-state index contributed by atoms with van der Waals surface area (Å²) in [5.74, 6) is -0.698. The molecule has 2 saturated carbocycles. The Morgan fingerprint density at radius 3 is 2.48 bits per heavy atom. The van der Waals surface area contributed by atoms with E-state index in [4.69, 9.17) is 0 Å². The summed E-state index contributed by atoms with van der Waals surface area (Å²) in [6.07, 6.45) is 5.62. The van der Waals surface area contributed by atoms with Gasteiger partial charge in [-0.1, -0.05) is 39.8 Å². The van der Waals surface area contributed by atoms with Crippen LogP contribution in [0.4, 0.5) is 0 Å². The van der Waals surface area contributed by atoms with E-state index in [0.717, 1.165) is 6.42 Å². The number of hydrogen-bond acceptors (Lipinski definition) is 6. The van der Waals surface area contributed by atoms with Gasteiger partial charge in [0.25, 0.3) is 0 Å². The summed E-state index contributed by atoms with van der Waals surface area (Å²) >= 11 is 0. The number of allylic oxidation sites excluding steroid dienone is 2. The number of fused-ring (bicyclic) bond motifs is 5. The third-order valence-corrected chi connectivity index (χ3v) is 9.97. The van der Waals surface area contributed by atoms with Gasteiger partial charge in [0.1, 0.15) is 0 Å². The van der Waals surface area contributed by atoms with Gasteiger partial charge in [0.05, 0.1) is 29.5 Å². The number of aliphatic hydroxyl groups excluding tert-OH is 3. The summed E-state index contributed by atoms with van der Waals surface area (Å²) in [6.45, 7) is 9.76. The fourth-order valence-electron chi connectivity index (χ4n) is 7.71. The topological polar surface area (TPSA) is 118 Å². The van der Waals surface area contributed by atoms with Crippen LogP contribution < -0.4 is 0 Å². The van der Waals surface area contributed by atoms with E-state index in [2.05, 4.69) is 13.8 Å². The summed E-state index contributed by atoms with van der Waals surface area (Å²) in [4.78, 5) is 13.2. The van der Waals surface area contributed by atoms with Gasteiger partial charge in [-0.05, 0) is 68.4 Å². The van der Waals surface area contributed by atoms with Gasteiger partial charge < -0.3 is 25.5 Å². The van der Waals surface area contributed by atoms with Crippen molar-refractivity contribution < 1.29 is 30.3 Å². The molecule has 0 aromatic heterocycles. The average molecular weight is 463 g/mol. The number of hydrogen-bond donors (Lipinski definition) is 5. The summed E-state index contributed by atoms with van der Waals surface area (Å²) in [7, 11) is 0. The number of carbonyl (C=O) groups excluding carboxylic acids is 1. The average Bonchev–Trinajstić information content (AvgIpc) is 3.00. The number of carbonyl (C=O) groups is 1. The Kier molecular flexibility index (Phi) is 6.07.